The van der Waals surface area contributed by atoms with Gasteiger partial charge < -0.3 is 15.2 Å². The monoisotopic (exact) mass is 263 g/mol. The number of aromatic nitrogens is 3. The summed E-state index contributed by atoms with van der Waals surface area (Å²) in [5.41, 5.74) is 5.64. The molecule has 0 aliphatic heterocycles. The molecule has 0 radical (unpaired) electrons. The number of carbonyl (C=O) groups is 1. The molecule has 100 valence electrons. The van der Waals surface area contributed by atoms with Gasteiger partial charge in [-0.15, -0.1) is 0 Å². The number of nitrogens with zero attached hydrogens (tertiary/aromatic N) is 4. The minimum absolute atomic E-state index is 0.0121. The summed E-state index contributed by atoms with van der Waals surface area (Å²) in [4.78, 5) is 21.3. The average molecular weight is 263 g/mol. The zero-order chi connectivity index (χ0) is 14.0. The van der Waals surface area contributed by atoms with E-state index in [2.05, 4.69) is 9.97 Å². The van der Waals surface area contributed by atoms with Gasteiger partial charge in [-0.25, -0.2) is 14.4 Å². The van der Waals surface area contributed by atoms with Gasteiger partial charge in [-0.2, -0.15) is 0 Å². The first-order valence-corrected chi connectivity index (χ1v) is 5.61. The molecule has 0 aliphatic carbocycles. The Morgan fingerprint density at radius 3 is 2.89 bits per heavy atom. The fourth-order valence-electron chi connectivity index (χ4n) is 1.66. The number of aryl methyl sites for hydroxylation is 1. The van der Waals surface area contributed by atoms with Crippen molar-refractivity contribution in [2.75, 3.05) is 12.8 Å². The zero-order valence-electron chi connectivity index (χ0n) is 10.7. The van der Waals surface area contributed by atoms with Crippen LogP contribution in [0.15, 0.2) is 24.7 Å². The smallest absolute Gasteiger partial charge is 0.257 e. The van der Waals surface area contributed by atoms with E-state index in [0.717, 1.165) is 18.1 Å². The quantitative estimate of drug-likeness (QED) is 0.889. The Balaban J connectivity index is 2.19. The van der Waals surface area contributed by atoms with E-state index < -0.39 is 11.7 Å². The second kappa shape index (κ2) is 5.05. The van der Waals surface area contributed by atoms with Gasteiger partial charge in [-0.3, -0.25) is 4.79 Å². The Kier molecular flexibility index (Phi) is 3.46. The van der Waals surface area contributed by atoms with Crippen molar-refractivity contribution in [2.45, 2.75) is 6.54 Å². The largest absolute Gasteiger partial charge is 0.383 e. The maximum Gasteiger partial charge on any atom is 0.257 e. The summed E-state index contributed by atoms with van der Waals surface area (Å²) in [6.07, 6.45) is 4.41. The van der Waals surface area contributed by atoms with Gasteiger partial charge in [-0.05, 0) is 6.07 Å². The first kappa shape index (κ1) is 13.0. The Labute approximate surface area is 109 Å². The molecule has 7 heteroatoms. The van der Waals surface area contributed by atoms with Crippen LogP contribution in [-0.4, -0.2) is 32.4 Å². The normalized spacial score (nSPS) is 10.5. The highest BCUT2D eigenvalue weighted by Gasteiger charge is 2.17. The minimum atomic E-state index is -0.594. The molecule has 0 saturated carbocycles. The number of amides is 1. The van der Waals surface area contributed by atoms with Crippen LogP contribution in [0.4, 0.5) is 10.2 Å². The van der Waals surface area contributed by atoms with E-state index in [0.29, 0.717) is 6.54 Å². The first-order chi connectivity index (χ1) is 8.99. The predicted molar refractivity (Wildman–Crippen MR) is 67.6 cm³/mol. The fourth-order valence-corrected chi connectivity index (χ4v) is 1.66. The van der Waals surface area contributed by atoms with Crippen LogP contribution >= 0.6 is 0 Å². The number of anilines is 1. The number of hydrogen-bond acceptors (Lipinski definition) is 4. The molecule has 2 rings (SSSR count). The van der Waals surface area contributed by atoms with E-state index >= 15 is 0 Å². The van der Waals surface area contributed by atoms with Crippen LogP contribution in [0.3, 0.4) is 0 Å². The van der Waals surface area contributed by atoms with Gasteiger partial charge in [-0.1, -0.05) is 0 Å². The van der Waals surface area contributed by atoms with Gasteiger partial charge in [0.1, 0.15) is 17.5 Å². The second-order valence-corrected chi connectivity index (χ2v) is 4.20. The van der Waals surface area contributed by atoms with E-state index in [9.17, 15) is 9.18 Å². The summed E-state index contributed by atoms with van der Waals surface area (Å²) in [6, 6.07) is 1.08. The number of rotatable bonds is 3. The molecule has 0 fully saturated rings. The summed E-state index contributed by atoms with van der Waals surface area (Å²) < 4.78 is 14.9. The molecule has 0 spiro atoms. The van der Waals surface area contributed by atoms with Crippen molar-refractivity contribution in [3.63, 3.8) is 0 Å². The van der Waals surface area contributed by atoms with E-state index in [1.807, 2.05) is 7.05 Å². The molecule has 2 heterocycles. The number of nitrogens with two attached hydrogens (primary N) is 1. The molecule has 0 bridgehead atoms. The molecule has 0 aromatic carbocycles. The van der Waals surface area contributed by atoms with Crippen molar-refractivity contribution in [1.82, 2.24) is 19.4 Å². The third kappa shape index (κ3) is 2.70. The molecule has 6 nitrogen and oxygen atoms in total. The molecule has 19 heavy (non-hydrogen) atoms. The minimum Gasteiger partial charge on any atom is -0.383 e. The standard InChI is InChI=1S/C12H14FN5O/c1-17-4-3-15-10(17)7-18(2)12(19)9-5-8(13)6-16-11(9)14/h3-6H,7H2,1-2H3,(H2,14,16). The number of nitrogen functional groups attached to an aromatic ring is 1. The number of hydrogen-bond donors (Lipinski definition) is 1. The Bertz CT molecular complexity index is 610. The van der Waals surface area contributed by atoms with Crippen molar-refractivity contribution in [3.8, 4) is 0 Å². The SMILES string of the molecule is CN(Cc1nccn1C)C(=O)c1cc(F)cnc1N. The van der Waals surface area contributed by atoms with E-state index in [4.69, 9.17) is 5.73 Å². The van der Waals surface area contributed by atoms with Crippen LogP contribution in [0, 0.1) is 5.82 Å². The fraction of sp³-hybridized carbons (Fsp3) is 0.250. The average Bonchev–Trinajstić information content (AvgIpc) is 2.77. The highest BCUT2D eigenvalue weighted by Crippen LogP contribution is 2.13. The molecular formula is C12H14FN5O. The van der Waals surface area contributed by atoms with Gasteiger partial charge >= 0.3 is 0 Å². The van der Waals surface area contributed by atoms with Gasteiger partial charge in [0, 0.05) is 26.5 Å². The molecule has 0 unspecified atom stereocenters. The third-order valence-corrected chi connectivity index (χ3v) is 2.76. The highest BCUT2D eigenvalue weighted by molar-refractivity contribution is 5.98. The van der Waals surface area contributed by atoms with Crippen molar-refractivity contribution in [1.29, 1.82) is 0 Å². The summed E-state index contributed by atoms with van der Waals surface area (Å²) in [5, 5.41) is 0. The maximum atomic E-state index is 13.1. The summed E-state index contributed by atoms with van der Waals surface area (Å²) in [6.45, 7) is 0.304. The van der Waals surface area contributed by atoms with Crippen LogP contribution in [0.2, 0.25) is 0 Å². The molecule has 0 aliphatic rings. The van der Waals surface area contributed by atoms with Crippen LogP contribution in [0.1, 0.15) is 16.2 Å². The van der Waals surface area contributed by atoms with Gasteiger partial charge in [0.05, 0.1) is 18.3 Å². The number of imidazole rings is 1. The molecule has 1 amide bonds. The number of halogens is 1. The van der Waals surface area contributed by atoms with E-state index in [-0.39, 0.29) is 11.4 Å². The van der Waals surface area contributed by atoms with Gasteiger partial charge in [0.15, 0.2) is 0 Å². The number of carbonyl (C=O) groups excluding carboxylic acids is 1. The third-order valence-electron chi connectivity index (χ3n) is 2.76. The lowest BCUT2D eigenvalue weighted by molar-refractivity contribution is 0.0780. The number of pyridine rings is 1. The lowest BCUT2D eigenvalue weighted by Crippen LogP contribution is -2.28. The van der Waals surface area contributed by atoms with Crippen LogP contribution in [0.5, 0.6) is 0 Å². The van der Waals surface area contributed by atoms with E-state index in [1.165, 1.54) is 4.90 Å². The molecule has 2 aromatic heterocycles. The Hall–Kier alpha value is -2.44. The first-order valence-electron chi connectivity index (χ1n) is 5.61. The summed E-state index contributed by atoms with van der Waals surface area (Å²) in [7, 11) is 3.43. The Morgan fingerprint density at radius 1 is 1.53 bits per heavy atom. The lowest BCUT2D eigenvalue weighted by Gasteiger charge is -2.17. The van der Waals surface area contributed by atoms with E-state index in [1.54, 1.807) is 24.0 Å². The highest BCUT2D eigenvalue weighted by atomic mass is 19.1. The second-order valence-electron chi connectivity index (χ2n) is 4.20. The topological polar surface area (TPSA) is 77.0 Å². The maximum absolute atomic E-state index is 13.1. The van der Waals surface area contributed by atoms with Crippen molar-refractivity contribution < 1.29 is 9.18 Å². The van der Waals surface area contributed by atoms with Crippen molar-refractivity contribution in [3.05, 3.63) is 41.9 Å². The van der Waals surface area contributed by atoms with Crippen molar-refractivity contribution >= 4 is 11.7 Å². The summed E-state index contributed by atoms with van der Waals surface area (Å²) in [5.74, 6) is -0.257. The van der Waals surface area contributed by atoms with Crippen molar-refractivity contribution in [2.24, 2.45) is 7.05 Å². The molecular weight excluding hydrogens is 249 g/mol. The molecule has 2 aromatic rings. The van der Waals surface area contributed by atoms with Crippen LogP contribution < -0.4 is 5.73 Å². The van der Waals surface area contributed by atoms with Crippen LogP contribution in [0.25, 0.3) is 0 Å². The van der Waals surface area contributed by atoms with Gasteiger partial charge in [0.25, 0.3) is 5.91 Å². The van der Waals surface area contributed by atoms with Gasteiger partial charge in [0.2, 0.25) is 0 Å². The summed E-state index contributed by atoms with van der Waals surface area (Å²) >= 11 is 0. The Morgan fingerprint density at radius 2 is 2.26 bits per heavy atom. The zero-order valence-corrected chi connectivity index (χ0v) is 10.7. The van der Waals surface area contributed by atoms with Crippen LogP contribution in [-0.2, 0) is 13.6 Å². The molecule has 0 atom stereocenters. The lowest BCUT2D eigenvalue weighted by atomic mass is 10.2. The molecule has 2 N–H and O–H groups in total. The predicted octanol–water partition coefficient (Wildman–Crippen LogP) is 0.809. The molecule has 0 saturated heterocycles.